The van der Waals surface area contributed by atoms with Gasteiger partial charge in [-0.1, -0.05) is 30.3 Å². The second-order valence-electron chi connectivity index (χ2n) is 7.52. The lowest BCUT2D eigenvalue weighted by Crippen LogP contribution is -2.42. The van der Waals surface area contributed by atoms with Gasteiger partial charge in [0, 0.05) is 43.9 Å². The summed E-state index contributed by atoms with van der Waals surface area (Å²) in [5.74, 6) is 0.254. The maximum Gasteiger partial charge on any atom is 0.239 e. The van der Waals surface area contributed by atoms with Crippen LogP contribution >= 0.6 is 11.8 Å². The number of hydrogen-bond donors (Lipinski definition) is 3. The molecule has 1 aromatic heterocycles. The van der Waals surface area contributed by atoms with Gasteiger partial charge in [-0.3, -0.25) is 19.6 Å². The topological polar surface area (TPSA) is 99.3 Å². The molecule has 2 amide bonds. The van der Waals surface area contributed by atoms with Crippen molar-refractivity contribution in [3.8, 4) is 0 Å². The number of hydrogen-bond acceptors (Lipinski definition) is 6. The normalized spacial score (nSPS) is 22.1. The Hall–Kier alpha value is -2.36. The van der Waals surface area contributed by atoms with Crippen LogP contribution in [-0.4, -0.2) is 71.6 Å². The Labute approximate surface area is 180 Å². The van der Waals surface area contributed by atoms with Gasteiger partial charge >= 0.3 is 0 Å². The highest BCUT2D eigenvalue weighted by molar-refractivity contribution is 8.01. The molecule has 8 nitrogen and oxygen atoms in total. The van der Waals surface area contributed by atoms with E-state index in [2.05, 4.69) is 25.7 Å². The van der Waals surface area contributed by atoms with Crippen molar-refractivity contribution in [1.82, 2.24) is 20.4 Å². The molecule has 0 spiro atoms. The fourth-order valence-electron chi connectivity index (χ4n) is 3.78. The zero-order chi connectivity index (χ0) is 20.9. The third kappa shape index (κ3) is 4.85. The quantitative estimate of drug-likeness (QED) is 0.646. The fourth-order valence-corrected chi connectivity index (χ4v) is 5.28. The van der Waals surface area contributed by atoms with Gasteiger partial charge in [0.1, 0.15) is 0 Å². The van der Waals surface area contributed by atoms with Crippen LogP contribution in [0.4, 0.5) is 5.82 Å². The van der Waals surface area contributed by atoms with Crippen molar-refractivity contribution in [2.75, 3.05) is 44.7 Å². The number of ether oxygens (including phenoxy) is 1. The summed E-state index contributed by atoms with van der Waals surface area (Å²) in [5.41, 5.74) is 2.97. The van der Waals surface area contributed by atoms with Gasteiger partial charge in [0.25, 0.3) is 0 Å². The van der Waals surface area contributed by atoms with Gasteiger partial charge in [0.2, 0.25) is 11.8 Å². The Morgan fingerprint density at radius 1 is 1.30 bits per heavy atom. The van der Waals surface area contributed by atoms with E-state index in [0.29, 0.717) is 12.4 Å². The number of nitrogens with one attached hydrogen (secondary N) is 3. The summed E-state index contributed by atoms with van der Waals surface area (Å²) >= 11 is 1.51. The summed E-state index contributed by atoms with van der Waals surface area (Å²) in [6, 6.07) is 10.0. The molecule has 1 aromatic carbocycles. The van der Waals surface area contributed by atoms with Crippen LogP contribution in [0.3, 0.4) is 0 Å². The first-order valence-electron chi connectivity index (χ1n) is 10.2. The van der Waals surface area contributed by atoms with Crippen LogP contribution in [0.25, 0.3) is 0 Å². The summed E-state index contributed by atoms with van der Waals surface area (Å²) in [4.78, 5) is 27.7. The third-order valence-electron chi connectivity index (χ3n) is 5.42. The standard InChI is InChI=1S/C21H27N5O3S/c1-14-18-19(15-5-3-2-4-6-15)30-16(21(28)23-20(18)25-24-14)13-17(27)22-7-8-26-9-11-29-12-10-26/h2-6,16,19H,7-13H2,1H3,(H,22,27)(H2,23,24,25,28). The third-order valence-corrected chi connectivity index (χ3v) is 6.91. The largest absolute Gasteiger partial charge is 0.379 e. The Morgan fingerprint density at radius 3 is 2.83 bits per heavy atom. The van der Waals surface area contributed by atoms with Crippen LogP contribution in [0.5, 0.6) is 0 Å². The number of aromatic amines is 1. The van der Waals surface area contributed by atoms with Gasteiger partial charge in [-0.15, -0.1) is 11.8 Å². The number of carbonyl (C=O) groups excluding carboxylic acids is 2. The SMILES string of the molecule is Cc1[nH]nc2c1C(c1ccccc1)SC(CC(=O)NCCN1CCOCC1)C(=O)N2. The van der Waals surface area contributed by atoms with Gasteiger partial charge in [-0.2, -0.15) is 5.10 Å². The van der Waals surface area contributed by atoms with Crippen molar-refractivity contribution in [3.05, 3.63) is 47.2 Å². The van der Waals surface area contributed by atoms with E-state index in [1.54, 1.807) is 0 Å². The predicted molar refractivity (Wildman–Crippen MR) is 117 cm³/mol. The molecule has 0 aliphatic carbocycles. The lowest BCUT2D eigenvalue weighted by molar-refractivity contribution is -0.124. The highest BCUT2D eigenvalue weighted by Crippen LogP contribution is 2.45. The molecule has 3 N–H and O–H groups in total. The highest BCUT2D eigenvalue weighted by atomic mass is 32.2. The second-order valence-corrected chi connectivity index (χ2v) is 8.84. The first-order valence-corrected chi connectivity index (χ1v) is 11.2. The molecular formula is C21H27N5O3S. The smallest absolute Gasteiger partial charge is 0.239 e. The molecule has 160 valence electrons. The number of benzene rings is 1. The molecule has 0 saturated carbocycles. The molecule has 2 aliphatic heterocycles. The summed E-state index contributed by atoms with van der Waals surface area (Å²) in [5, 5.41) is 12.5. The molecule has 0 bridgehead atoms. The van der Waals surface area contributed by atoms with E-state index in [9.17, 15) is 9.59 Å². The maximum atomic E-state index is 12.8. The van der Waals surface area contributed by atoms with Crippen LogP contribution in [-0.2, 0) is 14.3 Å². The lowest BCUT2D eigenvalue weighted by atomic mass is 10.0. The van der Waals surface area contributed by atoms with Crippen LogP contribution in [0.2, 0.25) is 0 Å². The van der Waals surface area contributed by atoms with Crippen LogP contribution in [0, 0.1) is 6.92 Å². The predicted octanol–water partition coefficient (Wildman–Crippen LogP) is 1.70. The average Bonchev–Trinajstić information content (AvgIpc) is 3.05. The van der Waals surface area contributed by atoms with E-state index in [0.717, 1.165) is 49.7 Å². The Balaban J connectivity index is 1.42. The molecule has 1 fully saturated rings. The molecule has 2 aromatic rings. The first-order chi connectivity index (χ1) is 14.6. The number of H-pyrrole nitrogens is 1. The van der Waals surface area contributed by atoms with Crippen molar-refractivity contribution in [3.63, 3.8) is 0 Å². The zero-order valence-corrected chi connectivity index (χ0v) is 17.8. The number of aromatic nitrogens is 2. The van der Waals surface area contributed by atoms with E-state index in [1.807, 2.05) is 37.3 Å². The maximum absolute atomic E-state index is 12.8. The zero-order valence-electron chi connectivity index (χ0n) is 17.0. The van der Waals surface area contributed by atoms with E-state index in [1.165, 1.54) is 11.8 Å². The molecule has 2 aliphatic rings. The van der Waals surface area contributed by atoms with E-state index < -0.39 is 5.25 Å². The number of nitrogens with zero attached hydrogens (tertiary/aromatic N) is 2. The van der Waals surface area contributed by atoms with Crippen LogP contribution in [0.1, 0.15) is 28.5 Å². The number of carbonyl (C=O) groups is 2. The Kier molecular flexibility index (Phi) is 6.71. The molecule has 2 unspecified atom stereocenters. The molecule has 2 atom stereocenters. The first kappa shape index (κ1) is 20.9. The van der Waals surface area contributed by atoms with Crippen molar-refractivity contribution in [2.45, 2.75) is 23.8 Å². The molecule has 30 heavy (non-hydrogen) atoms. The second kappa shape index (κ2) is 9.63. The number of fused-ring (bicyclic) bond motifs is 1. The van der Waals surface area contributed by atoms with Gasteiger partial charge in [0.15, 0.2) is 5.82 Å². The number of morpholine rings is 1. The van der Waals surface area contributed by atoms with Crippen molar-refractivity contribution in [2.24, 2.45) is 0 Å². The van der Waals surface area contributed by atoms with Gasteiger partial charge < -0.3 is 15.4 Å². The molecule has 3 heterocycles. The fraction of sp³-hybridized carbons (Fsp3) is 0.476. The van der Waals surface area contributed by atoms with Gasteiger partial charge in [-0.05, 0) is 12.5 Å². The summed E-state index contributed by atoms with van der Waals surface area (Å²) in [7, 11) is 0. The molecular weight excluding hydrogens is 402 g/mol. The number of aryl methyl sites for hydroxylation is 1. The minimum atomic E-state index is -0.493. The summed E-state index contributed by atoms with van der Waals surface area (Å²) in [6.07, 6.45) is 0.135. The summed E-state index contributed by atoms with van der Waals surface area (Å²) in [6.45, 7) is 6.57. The number of rotatable bonds is 6. The Morgan fingerprint density at radius 2 is 2.07 bits per heavy atom. The molecule has 9 heteroatoms. The van der Waals surface area contributed by atoms with E-state index in [4.69, 9.17) is 4.74 Å². The van der Waals surface area contributed by atoms with E-state index in [-0.39, 0.29) is 23.5 Å². The number of thioether (sulfide) groups is 1. The minimum absolute atomic E-state index is 0.0787. The minimum Gasteiger partial charge on any atom is -0.379 e. The van der Waals surface area contributed by atoms with Gasteiger partial charge in [-0.25, -0.2) is 0 Å². The molecule has 0 radical (unpaired) electrons. The molecule has 4 rings (SSSR count). The van der Waals surface area contributed by atoms with Crippen molar-refractivity contribution >= 4 is 29.4 Å². The summed E-state index contributed by atoms with van der Waals surface area (Å²) < 4.78 is 5.34. The lowest BCUT2D eigenvalue weighted by Gasteiger charge is -2.26. The average molecular weight is 430 g/mol. The van der Waals surface area contributed by atoms with Crippen LogP contribution < -0.4 is 10.6 Å². The number of anilines is 1. The van der Waals surface area contributed by atoms with Crippen molar-refractivity contribution < 1.29 is 14.3 Å². The van der Waals surface area contributed by atoms with E-state index >= 15 is 0 Å². The van der Waals surface area contributed by atoms with Gasteiger partial charge in [0.05, 0.1) is 23.7 Å². The monoisotopic (exact) mass is 429 g/mol. The van der Waals surface area contributed by atoms with Crippen molar-refractivity contribution in [1.29, 1.82) is 0 Å². The van der Waals surface area contributed by atoms with Crippen LogP contribution in [0.15, 0.2) is 30.3 Å². The molecule has 1 saturated heterocycles. The number of amides is 2. The highest BCUT2D eigenvalue weighted by Gasteiger charge is 2.35. The Bertz CT molecular complexity index is 882.